The Morgan fingerprint density at radius 2 is 1.73 bits per heavy atom. The summed E-state index contributed by atoms with van der Waals surface area (Å²) in [6.45, 7) is 13.8. The minimum absolute atomic E-state index is 0.165. The molecule has 0 radical (unpaired) electrons. The van der Waals surface area contributed by atoms with Crippen molar-refractivity contribution in [2.75, 3.05) is 44.6 Å². The zero-order valence-corrected chi connectivity index (χ0v) is 23.4. The van der Waals surface area contributed by atoms with Crippen molar-refractivity contribution in [1.82, 2.24) is 29.5 Å². The lowest BCUT2D eigenvalue weighted by molar-refractivity contribution is 0.0896. The van der Waals surface area contributed by atoms with E-state index in [0.717, 1.165) is 62.0 Å². The molecule has 206 valence electrons. The van der Waals surface area contributed by atoms with Gasteiger partial charge in [0.05, 0.1) is 23.2 Å². The fourth-order valence-electron chi connectivity index (χ4n) is 6.71. The van der Waals surface area contributed by atoms with Crippen LogP contribution in [-0.4, -0.2) is 86.1 Å². The van der Waals surface area contributed by atoms with E-state index in [0.29, 0.717) is 23.9 Å². The third-order valence-corrected chi connectivity index (χ3v) is 9.19. The first-order valence-corrected chi connectivity index (χ1v) is 15.1. The third kappa shape index (κ3) is 6.45. The zero-order chi connectivity index (χ0) is 25.8. The normalized spacial score (nSPS) is 28.2. The van der Waals surface area contributed by atoms with Gasteiger partial charge in [0.2, 0.25) is 5.95 Å². The molecule has 2 aliphatic carbocycles. The lowest BCUT2D eigenvalue weighted by Gasteiger charge is -2.39. The van der Waals surface area contributed by atoms with Crippen molar-refractivity contribution >= 4 is 17.0 Å². The summed E-state index contributed by atoms with van der Waals surface area (Å²) in [5.74, 6) is 2.01. The van der Waals surface area contributed by atoms with Crippen molar-refractivity contribution in [3.05, 3.63) is 11.9 Å². The van der Waals surface area contributed by atoms with Gasteiger partial charge in [-0.25, -0.2) is 9.67 Å². The summed E-state index contributed by atoms with van der Waals surface area (Å²) in [7, 11) is 0. The Bertz CT molecular complexity index is 984. The average molecular weight is 512 g/mol. The lowest BCUT2D eigenvalue weighted by atomic mass is 9.80. The van der Waals surface area contributed by atoms with E-state index in [4.69, 9.17) is 10.1 Å². The van der Waals surface area contributed by atoms with Crippen LogP contribution in [0.2, 0.25) is 0 Å². The molecule has 0 bridgehead atoms. The van der Waals surface area contributed by atoms with Crippen LogP contribution in [0.4, 0.5) is 5.95 Å². The summed E-state index contributed by atoms with van der Waals surface area (Å²) in [5.41, 5.74) is 2.20. The number of fused-ring (bicyclic) bond motifs is 1. The molecule has 8 nitrogen and oxygen atoms in total. The van der Waals surface area contributed by atoms with Crippen LogP contribution in [0.25, 0.3) is 11.0 Å². The van der Waals surface area contributed by atoms with Gasteiger partial charge in [-0.3, -0.25) is 4.90 Å². The second-order valence-corrected chi connectivity index (χ2v) is 12.2. The molecule has 3 fully saturated rings. The first-order chi connectivity index (χ1) is 18.0. The number of nitrogens with one attached hydrogen (secondary N) is 1. The number of aliphatic hydroxyl groups excluding tert-OH is 1. The number of unbranched alkanes of at least 4 members (excludes halogenated alkanes) is 1. The Morgan fingerprint density at radius 1 is 1.00 bits per heavy atom. The number of nitrogens with zero attached hydrogens (tertiary/aromatic N) is 6. The smallest absolute Gasteiger partial charge is 0.224 e. The van der Waals surface area contributed by atoms with Crippen molar-refractivity contribution in [3.8, 4) is 0 Å². The van der Waals surface area contributed by atoms with Crippen LogP contribution in [-0.2, 0) is 0 Å². The molecule has 5 rings (SSSR count). The number of rotatable bonds is 9. The predicted molar refractivity (Wildman–Crippen MR) is 150 cm³/mol. The van der Waals surface area contributed by atoms with Crippen LogP contribution in [0.3, 0.4) is 0 Å². The molecule has 0 aromatic carbocycles. The molecule has 2 saturated carbocycles. The molecule has 2 aromatic heterocycles. The Labute approximate surface area is 223 Å². The van der Waals surface area contributed by atoms with Crippen LogP contribution >= 0.6 is 0 Å². The van der Waals surface area contributed by atoms with E-state index in [1.165, 1.54) is 64.1 Å². The maximum atomic E-state index is 10.1. The highest BCUT2D eigenvalue weighted by molar-refractivity contribution is 5.79. The van der Waals surface area contributed by atoms with E-state index >= 15 is 0 Å². The van der Waals surface area contributed by atoms with Gasteiger partial charge in [0.15, 0.2) is 5.65 Å². The van der Waals surface area contributed by atoms with E-state index in [9.17, 15) is 5.11 Å². The summed E-state index contributed by atoms with van der Waals surface area (Å²) in [4.78, 5) is 15.0. The molecule has 2 aromatic rings. The predicted octanol–water partition coefficient (Wildman–Crippen LogP) is 4.81. The highest BCUT2D eigenvalue weighted by Gasteiger charge is 2.31. The van der Waals surface area contributed by atoms with Crippen LogP contribution in [0.1, 0.15) is 103 Å². The standard InChI is InChI=1S/C29H49N7O/c1-4-5-14-30-29-31-19-26-27(33-36(28(26)32-29)24-10-12-25(37)13-11-24)23-8-6-22(7-9-23)20-34-15-17-35(18-16-34)21(2)3/h19,21-25,37H,4-18,20H2,1-3H3,(H,30,31,32). The van der Waals surface area contributed by atoms with Gasteiger partial charge in [-0.05, 0) is 77.6 Å². The number of anilines is 1. The second-order valence-electron chi connectivity index (χ2n) is 12.2. The Morgan fingerprint density at radius 3 is 2.41 bits per heavy atom. The summed E-state index contributed by atoms with van der Waals surface area (Å²) in [5, 5.41) is 19.9. The Hall–Kier alpha value is -1.77. The molecule has 3 heterocycles. The van der Waals surface area contributed by atoms with Crippen molar-refractivity contribution in [2.24, 2.45) is 5.92 Å². The SMILES string of the molecule is CCCCNc1ncc2c(C3CCC(CN4CCN(C(C)C)CC4)CC3)nn(C3CCC(O)CC3)c2n1. The largest absolute Gasteiger partial charge is 0.393 e. The first kappa shape index (κ1) is 26.8. The van der Waals surface area contributed by atoms with Crippen molar-refractivity contribution < 1.29 is 5.11 Å². The Kier molecular flexibility index (Phi) is 8.98. The molecular weight excluding hydrogens is 462 g/mol. The summed E-state index contributed by atoms with van der Waals surface area (Å²) >= 11 is 0. The number of hydrogen-bond donors (Lipinski definition) is 2. The lowest BCUT2D eigenvalue weighted by Crippen LogP contribution is -2.50. The number of piperazine rings is 1. The Balaban J connectivity index is 1.26. The quantitative estimate of drug-likeness (QED) is 0.467. The minimum Gasteiger partial charge on any atom is -0.393 e. The zero-order valence-electron chi connectivity index (χ0n) is 23.4. The van der Waals surface area contributed by atoms with Gasteiger partial charge in [-0.1, -0.05) is 13.3 Å². The maximum Gasteiger partial charge on any atom is 0.224 e. The fourth-order valence-corrected chi connectivity index (χ4v) is 6.71. The first-order valence-electron chi connectivity index (χ1n) is 15.1. The van der Waals surface area contributed by atoms with Crippen LogP contribution in [0, 0.1) is 5.92 Å². The topological polar surface area (TPSA) is 82.3 Å². The molecule has 1 saturated heterocycles. The molecule has 1 aliphatic heterocycles. The number of aromatic nitrogens is 4. The highest BCUT2D eigenvalue weighted by atomic mass is 16.3. The highest BCUT2D eigenvalue weighted by Crippen LogP contribution is 2.40. The number of aliphatic hydroxyl groups is 1. The maximum absolute atomic E-state index is 10.1. The van der Waals surface area contributed by atoms with Crippen LogP contribution in [0.5, 0.6) is 0 Å². The second kappa shape index (κ2) is 12.4. The van der Waals surface area contributed by atoms with Gasteiger partial charge in [-0.2, -0.15) is 10.1 Å². The van der Waals surface area contributed by atoms with Crippen molar-refractivity contribution in [2.45, 2.75) is 109 Å². The minimum atomic E-state index is -0.165. The van der Waals surface area contributed by atoms with E-state index in [1.807, 2.05) is 6.20 Å². The molecule has 0 unspecified atom stereocenters. The van der Waals surface area contributed by atoms with E-state index in [-0.39, 0.29) is 6.10 Å². The van der Waals surface area contributed by atoms with Crippen LogP contribution < -0.4 is 5.32 Å². The average Bonchev–Trinajstić information content (AvgIpc) is 3.29. The van der Waals surface area contributed by atoms with Crippen molar-refractivity contribution in [3.63, 3.8) is 0 Å². The molecule has 2 N–H and O–H groups in total. The molecule has 0 spiro atoms. The van der Waals surface area contributed by atoms with E-state index in [1.54, 1.807) is 0 Å². The summed E-state index contributed by atoms with van der Waals surface area (Å²) in [6.07, 6.45) is 12.8. The van der Waals surface area contributed by atoms with Gasteiger partial charge in [0, 0.05) is 57.4 Å². The van der Waals surface area contributed by atoms with Crippen LogP contribution in [0.15, 0.2) is 6.20 Å². The molecule has 8 heteroatoms. The molecule has 0 atom stereocenters. The fraction of sp³-hybridized carbons (Fsp3) is 0.828. The molecule has 0 amide bonds. The summed E-state index contributed by atoms with van der Waals surface area (Å²) in [6, 6.07) is 0.983. The van der Waals surface area contributed by atoms with Gasteiger partial charge < -0.3 is 15.3 Å². The monoisotopic (exact) mass is 511 g/mol. The molecular formula is C29H49N7O. The van der Waals surface area contributed by atoms with Gasteiger partial charge in [0.25, 0.3) is 0 Å². The third-order valence-electron chi connectivity index (χ3n) is 9.19. The van der Waals surface area contributed by atoms with E-state index in [2.05, 4.69) is 45.6 Å². The van der Waals surface area contributed by atoms with Gasteiger partial charge in [0.1, 0.15) is 0 Å². The molecule has 37 heavy (non-hydrogen) atoms. The molecule has 3 aliphatic rings. The van der Waals surface area contributed by atoms with Crippen molar-refractivity contribution in [1.29, 1.82) is 0 Å². The van der Waals surface area contributed by atoms with E-state index < -0.39 is 0 Å². The van der Waals surface area contributed by atoms with Gasteiger partial charge in [-0.15, -0.1) is 0 Å². The summed E-state index contributed by atoms with van der Waals surface area (Å²) < 4.78 is 2.20. The van der Waals surface area contributed by atoms with Gasteiger partial charge >= 0.3 is 0 Å². The number of hydrogen-bond acceptors (Lipinski definition) is 7.